The molecule has 2 atom stereocenters. The number of rotatable bonds is 6. The van der Waals surface area contributed by atoms with E-state index in [0.29, 0.717) is 5.02 Å². The maximum absolute atomic E-state index is 11.7. The number of nitrogens with two attached hydrogens (primary N) is 1. The minimum absolute atomic E-state index is 0.0993. The number of esters is 1. The number of ether oxygens (including phenoxy) is 1. The van der Waals surface area contributed by atoms with Crippen LogP contribution in [0.4, 0.5) is 0 Å². The molecule has 0 aromatic heterocycles. The first-order chi connectivity index (χ1) is 9.00. The average Bonchev–Trinajstić information content (AvgIpc) is 2.44. The Kier molecular flexibility index (Phi) is 5.83. The van der Waals surface area contributed by atoms with E-state index in [1.165, 1.54) is 7.11 Å². The molecule has 0 radical (unpaired) electrons. The van der Waals surface area contributed by atoms with Gasteiger partial charge in [-0.2, -0.15) is 0 Å². The fraction of sp³-hybridized carbons (Fsp3) is 0.533. The topological polar surface area (TPSA) is 52.3 Å². The molecule has 2 N–H and O–H groups in total. The molecule has 0 spiro atoms. The van der Waals surface area contributed by atoms with Crippen molar-refractivity contribution in [3.63, 3.8) is 0 Å². The SMILES string of the molecule is CCC(N)C(CC)(CC(=O)OC)c1ccc(Cl)cc1. The van der Waals surface area contributed by atoms with Gasteiger partial charge in [-0.05, 0) is 30.5 Å². The molecule has 1 rings (SSSR count). The van der Waals surface area contributed by atoms with Gasteiger partial charge < -0.3 is 10.5 Å². The summed E-state index contributed by atoms with van der Waals surface area (Å²) in [7, 11) is 1.40. The monoisotopic (exact) mass is 283 g/mol. The third-order valence-corrected chi connectivity index (χ3v) is 4.14. The van der Waals surface area contributed by atoms with Crippen LogP contribution in [0.1, 0.15) is 38.7 Å². The van der Waals surface area contributed by atoms with Gasteiger partial charge in [0.25, 0.3) is 0 Å². The minimum Gasteiger partial charge on any atom is -0.469 e. The Morgan fingerprint density at radius 2 is 1.95 bits per heavy atom. The van der Waals surface area contributed by atoms with Crippen molar-refractivity contribution < 1.29 is 9.53 Å². The third-order valence-electron chi connectivity index (χ3n) is 3.89. The van der Waals surface area contributed by atoms with Gasteiger partial charge in [0.05, 0.1) is 13.5 Å². The van der Waals surface area contributed by atoms with Gasteiger partial charge in [0.2, 0.25) is 0 Å². The summed E-state index contributed by atoms with van der Waals surface area (Å²) in [5.41, 5.74) is 6.94. The first kappa shape index (κ1) is 16.0. The van der Waals surface area contributed by atoms with E-state index in [1.807, 2.05) is 38.1 Å². The summed E-state index contributed by atoms with van der Waals surface area (Å²) in [6, 6.07) is 7.47. The fourth-order valence-electron chi connectivity index (χ4n) is 2.54. The quantitative estimate of drug-likeness (QED) is 0.815. The zero-order valence-corrected chi connectivity index (χ0v) is 12.5. The van der Waals surface area contributed by atoms with Crippen molar-refractivity contribution in [2.75, 3.05) is 7.11 Å². The summed E-state index contributed by atoms with van der Waals surface area (Å²) >= 11 is 5.93. The predicted octanol–water partition coefficient (Wildman–Crippen LogP) is 3.29. The van der Waals surface area contributed by atoms with Gasteiger partial charge in [-0.25, -0.2) is 0 Å². The standard InChI is InChI=1S/C15H22ClNO2/c1-4-13(17)15(5-2,10-14(18)19-3)11-6-8-12(16)9-7-11/h6-9,13H,4-5,10,17H2,1-3H3. The van der Waals surface area contributed by atoms with Crippen LogP contribution in [-0.4, -0.2) is 19.1 Å². The van der Waals surface area contributed by atoms with E-state index in [-0.39, 0.29) is 18.4 Å². The molecule has 1 aromatic carbocycles. The second-order valence-corrected chi connectivity index (χ2v) is 5.22. The van der Waals surface area contributed by atoms with E-state index >= 15 is 0 Å². The molecule has 2 unspecified atom stereocenters. The van der Waals surface area contributed by atoms with Gasteiger partial charge in [-0.15, -0.1) is 0 Å². The highest BCUT2D eigenvalue weighted by molar-refractivity contribution is 6.30. The van der Waals surface area contributed by atoms with E-state index in [0.717, 1.165) is 18.4 Å². The Morgan fingerprint density at radius 1 is 1.37 bits per heavy atom. The summed E-state index contributed by atoms with van der Waals surface area (Å²) in [6.07, 6.45) is 1.86. The fourth-order valence-corrected chi connectivity index (χ4v) is 2.67. The number of carbonyl (C=O) groups excluding carboxylic acids is 1. The van der Waals surface area contributed by atoms with Crippen molar-refractivity contribution in [1.82, 2.24) is 0 Å². The van der Waals surface area contributed by atoms with Gasteiger partial charge in [0, 0.05) is 16.5 Å². The highest BCUT2D eigenvalue weighted by Gasteiger charge is 2.38. The van der Waals surface area contributed by atoms with Crippen LogP contribution in [0.25, 0.3) is 0 Å². The van der Waals surface area contributed by atoms with Gasteiger partial charge in [-0.3, -0.25) is 4.79 Å². The van der Waals surface area contributed by atoms with E-state index in [2.05, 4.69) is 0 Å². The van der Waals surface area contributed by atoms with Gasteiger partial charge in [0.1, 0.15) is 0 Å². The number of benzene rings is 1. The number of carbonyl (C=O) groups is 1. The molecule has 0 heterocycles. The number of hydrogen-bond acceptors (Lipinski definition) is 3. The second kappa shape index (κ2) is 6.92. The van der Waals surface area contributed by atoms with E-state index in [9.17, 15) is 4.79 Å². The van der Waals surface area contributed by atoms with Crippen LogP contribution in [0.3, 0.4) is 0 Å². The number of halogens is 1. The second-order valence-electron chi connectivity index (χ2n) is 4.78. The molecule has 0 bridgehead atoms. The molecule has 0 aliphatic rings. The van der Waals surface area contributed by atoms with Gasteiger partial charge >= 0.3 is 5.97 Å². The average molecular weight is 284 g/mol. The summed E-state index contributed by atoms with van der Waals surface area (Å²) in [5, 5.41) is 0.678. The molecule has 106 valence electrons. The van der Waals surface area contributed by atoms with Crippen molar-refractivity contribution in [3.8, 4) is 0 Å². The first-order valence-corrected chi connectivity index (χ1v) is 6.96. The molecular formula is C15H22ClNO2. The number of hydrogen-bond donors (Lipinski definition) is 1. The number of methoxy groups -OCH3 is 1. The lowest BCUT2D eigenvalue weighted by Gasteiger charge is -2.37. The van der Waals surface area contributed by atoms with E-state index in [1.54, 1.807) is 0 Å². The first-order valence-electron chi connectivity index (χ1n) is 6.58. The highest BCUT2D eigenvalue weighted by Crippen LogP contribution is 2.36. The van der Waals surface area contributed by atoms with Crippen molar-refractivity contribution in [2.24, 2.45) is 5.73 Å². The zero-order chi connectivity index (χ0) is 14.5. The maximum atomic E-state index is 11.7. The van der Waals surface area contributed by atoms with Crippen molar-refractivity contribution in [3.05, 3.63) is 34.9 Å². The maximum Gasteiger partial charge on any atom is 0.306 e. The molecule has 0 aliphatic carbocycles. The van der Waals surface area contributed by atoms with Crippen molar-refractivity contribution >= 4 is 17.6 Å². The largest absolute Gasteiger partial charge is 0.469 e. The molecule has 0 saturated heterocycles. The predicted molar refractivity (Wildman–Crippen MR) is 78.3 cm³/mol. The molecule has 0 fully saturated rings. The molecule has 0 saturated carbocycles. The molecular weight excluding hydrogens is 262 g/mol. The van der Waals surface area contributed by atoms with Gasteiger partial charge in [0.15, 0.2) is 0 Å². The van der Waals surface area contributed by atoms with Crippen LogP contribution in [0.5, 0.6) is 0 Å². The van der Waals surface area contributed by atoms with Crippen LogP contribution >= 0.6 is 11.6 Å². The molecule has 0 amide bonds. The Hall–Kier alpha value is -1.06. The van der Waals surface area contributed by atoms with Crippen molar-refractivity contribution in [2.45, 2.75) is 44.6 Å². The van der Waals surface area contributed by atoms with Crippen LogP contribution in [0.2, 0.25) is 5.02 Å². The zero-order valence-electron chi connectivity index (χ0n) is 11.8. The molecule has 0 aliphatic heterocycles. The van der Waals surface area contributed by atoms with E-state index < -0.39 is 5.41 Å². The third kappa shape index (κ3) is 3.48. The Bertz CT molecular complexity index is 419. The Labute approximate surface area is 120 Å². The Morgan fingerprint density at radius 3 is 2.37 bits per heavy atom. The molecule has 3 nitrogen and oxygen atoms in total. The summed E-state index contributed by atoms with van der Waals surface area (Å²) in [4.78, 5) is 11.7. The Balaban J connectivity index is 3.22. The summed E-state index contributed by atoms with van der Waals surface area (Å²) < 4.78 is 4.83. The van der Waals surface area contributed by atoms with Crippen molar-refractivity contribution in [1.29, 1.82) is 0 Å². The van der Waals surface area contributed by atoms with Crippen LogP contribution in [0, 0.1) is 0 Å². The summed E-state index contributed by atoms with van der Waals surface area (Å²) in [5.74, 6) is -0.235. The summed E-state index contributed by atoms with van der Waals surface area (Å²) in [6.45, 7) is 4.08. The van der Waals surface area contributed by atoms with Gasteiger partial charge in [-0.1, -0.05) is 37.6 Å². The molecule has 4 heteroatoms. The lowest BCUT2D eigenvalue weighted by Crippen LogP contribution is -2.46. The van der Waals surface area contributed by atoms with Crippen LogP contribution in [-0.2, 0) is 14.9 Å². The highest BCUT2D eigenvalue weighted by atomic mass is 35.5. The van der Waals surface area contributed by atoms with Crippen LogP contribution < -0.4 is 5.73 Å². The lowest BCUT2D eigenvalue weighted by molar-refractivity contribution is -0.142. The molecule has 19 heavy (non-hydrogen) atoms. The smallest absolute Gasteiger partial charge is 0.306 e. The normalized spacial score (nSPS) is 15.6. The lowest BCUT2D eigenvalue weighted by atomic mass is 9.69. The van der Waals surface area contributed by atoms with E-state index in [4.69, 9.17) is 22.1 Å². The molecule has 1 aromatic rings. The van der Waals surface area contributed by atoms with Crippen LogP contribution in [0.15, 0.2) is 24.3 Å². The minimum atomic E-state index is -0.396.